The molecule has 1 atom stereocenters. The van der Waals surface area contributed by atoms with Gasteiger partial charge in [-0.1, -0.05) is 96.1 Å². The monoisotopic (exact) mass is 435 g/mol. The van der Waals surface area contributed by atoms with Crippen LogP contribution in [-0.4, -0.2) is 42.0 Å². The van der Waals surface area contributed by atoms with Crippen LogP contribution in [0.4, 0.5) is 5.69 Å². The fourth-order valence-corrected chi connectivity index (χ4v) is 3.58. The van der Waals surface area contributed by atoms with Crippen LogP contribution in [-0.2, 0) is 16.0 Å². The van der Waals surface area contributed by atoms with Gasteiger partial charge in [-0.15, -0.1) is 0 Å². The Morgan fingerprint density at radius 3 is 1.90 bits per heavy atom. The zero-order valence-corrected chi connectivity index (χ0v) is 19.6. The summed E-state index contributed by atoms with van der Waals surface area (Å²) in [6.45, 7) is 2.66. The van der Waals surface area contributed by atoms with Gasteiger partial charge in [0.15, 0.2) is 0 Å². The van der Waals surface area contributed by atoms with E-state index < -0.39 is 18.7 Å². The zero-order valence-electron chi connectivity index (χ0n) is 19.6. The predicted octanol–water partition coefficient (Wildman–Crippen LogP) is 5.63. The second kappa shape index (κ2) is 19.1. The minimum atomic E-state index is -1.01. The van der Waals surface area contributed by atoms with Crippen LogP contribution in [0.3, 0.4) is 0 Å². The number of esters is 1. The molecule has 0 saturated carbocycles. The van der Waals surface area contributed by atoms with Crippen molar-refractivity contribution in [2.75, 3.05) is 25.1 Å². The molecule has 31 heavy (non-hydrogen) atoms. The summed E-state index contributed by atoms with van der Waals surface area (Å²) in [5.74, 6) is -0.403. The highest BCUT2D eigenvalue weighted by Gasteiger charge is 2.08. The molecule has 1 unspecified atom stereocenters. The van der Waals surface area contributed by atoms with Crippen molar-refractivity contribution >= 4 is 11.7 Å². The highest BCUT2D eigenvalue weighted by Crippen LogP contribution is 2.14. The summed E-state index contributed by atoms with van der Waals surface area (Å²) in [5.41, 5.74) is 1.93. The molecule has 0 aliphatic rings. The number of aliphatic hydroxyl groups is 2. The molecule has 0 fully saturated rings. The van der Waals surface area contributed by atoms with Gasteiger partial charge in [-0.2, -0.15) is 0 Å². The van der Waals surface area contributed by atoms with Gasteiger partial charge in [-0.3, -0.25) is 4.79 Å². The second-order valence-corrected chi connectivity index (χ2v) is 8.56. The fourth-order valence-electron chi connectivity index (χ4n) is 3.58. The molecule has 5 heteroatoms. The maximum absolute atomic E-state index is 11.7. The van der Waals surface area contributed by atoms with Gasteiger partial charge in [-0.05, 0) is 24.1 Å². The summed E-state index contributed by atoms with van der Waals surface area (Å²) < 4.78 is 4.92. The van der Waals surface area contributed by atoms with Gasteiger partial charge in [0.05, 0.1) is 13.0 Å². The van der Waals surface area contributed by atoms with E-state index in [1.807, 2.05) is 24.3 Å². The van der Waals surface area contributed by atoms with Crippen LogP contribution in [0, 0.1) is 0 Å². The second-order valence-electron chi connectivity index (χ2n) is 8.56. The van der Waals surface area contributed by atoms with E-state index in [1.54, 1.807) is 0 Å². The first-order valence-corrected chi connectivity index (χ1v) is 12.4. The predicted molar refractivity (Wildman–Crippen MR) is 128 cm³/mol. The van der Waals surface area contributed by atoms with Crippen molar-refractivity contribution in [1.29, 1.82) is 0 Å². The quantitative estimate of drug-likeness (QED) is 0.183. The molecule has 1 rings (SSSR count). The van der Waals surface area contributed by atoms with Crippen molar-refractivity contribution in [2.24, 2.45) is 0 Å². The Balaban J connectivity index is 1.96. The fraction of sp³-hybridized carbons (Fsp3) is 0.731. The number of hydrogen-bond donors (Lipinski definition) is 3. The minimum absolute atomic E-state index is 0.164. The first kappa shape index (κ1) is 27.4. The van der Waals surface area contributed by atoms with Crippen molar-refractivity contribution in [1.82, 2.24) is 0 Å². The van der Waals surface area contributed by atoms with Crippen LogP contribution in [0.1, 0.15) is 96.0 Å². The van der Waals surface area contributed by atoms with Crippen LogP contribution in [0.15, 0.2) is 24.3 Å². The van der Waals surface area contributed by atoms with E-state index in [0.717, 1.165) is 17.8 Å². The van der Waals surface area contributed by atoms with E-state index in [2.05, 4.69) is 12.2 Å². The summed E-state index contributed by atoms with van der Waals surface area (Å²) in [6.07, 6.45) is 16.9. The van der Waals surface area contributed by atoms with E-state index in [-0.39, 0.29) is 13.0 Å². The molecule has 0 spiro atoms. The minimum Gasteiger partial charge on any atom is -0.463 e. The normalized spacial score (nSPS) is 12.0. The number of benzene rings is 1. The molecule has 0 aliphatic carbocycles. The summed E-state index contributed by atoms with van der Waals surface area (Å²) in [4.78, 5) is 11.7. The Labute approximate surface area is 189 Å². The maximum atomic E-state index is 11.7. The average Bonchev–Trinajstić information content (AvgIpc) is 2.78. The third-order valence-corrected chi connectivity index (χ3v) is 5.56. The van der Waals surface area contributed by atoms with Gasteiger partial charge in [0.2, 0.25) is 0 Å². The summed E-state index contributed by atoms with van der Waals surface area (Å²) in [6, 6.07) is 7.78. The maximum Gasteiger partial charge on any atom is 0.310 e. The lowest BCUT2D eigenvalue weighted by molar-refractivity contribution is -0.146. The number of unbranched alkanes of at least 4 members (excludes halogenated alkanes) is 12. The molecular formula is C26H45NO4. The number of aliphatic hydroxyl groups excluding tert-OH is 2. The molecule has 0 bridgehead atoms. The third-order valence-electron chi connectivity index (χ3n) is 5.56. The highest BCUT2D eigenvalue weighted by atomic mass is 16.5. The van der Waals surface area contributed by atoms with Crippen LogP contribution < -0.4 is 5.32 Å². The number of anilines is 1. The summed E-state index contributed by atoms with van der Waals surface area (Å²) in [5, 5.41) is 21.4. The number of ether oxygens (including phenoxy) is 1. The Kier molecular flexibility index (Phi) is 16.9. The van der Waals surface area contributed by atoms with E-state index in [4.69, 9.17) is 9.84 Å². The lowest BCUT2D eigenvalue weighted by Crippen LogP contribution is -2.22. The summed E-state index contributed by atoms with van der Waals surface area (Å²) >= 11 is 0. The zero-order chi connectivity index (χ0) is 22.6. The Morgan fingerprint density at radius 1 is 0.871 bits per heavy atom. The van der Waals surface area contributed by atoms with Crippen LogP contribution in [0.2, 0.25) is 0 Å². The van der Waals surface area contributed by atoms with Crippen molar-refractivity contribution in [2.45, 2.75) is 103 Å². The number of hydrogen-bond acceptors (Lipinski definition) is 5. The lowest BCUT2D eigenvalue weighted by Gasteiger charge is -2.09. The molecule has 3 N–H and O–H groups in total. The molecule has 0 radical (unpaired) electrons. The average molecular weight is 436 g/mol. The van der Waals surface area contributed by atoms with Crippen molar-refractivity contribution in [3.63, 3.8) is 0 Å². The number of rotatable bonds is 20. The van der Waals surface area contributed by atoms with Gasteiger partial charge in [0, 0.05) is 12.2 Å². The highest BCUT2D eigenvalue weighted by molar-refractivity contribution is 5.72. The Bertz CT molecular complexity index is 547. The van der Waals surface area contributed by atoms with Gasteiger partial charge in [0.25, 0.3) is 0 Å². The lowest BCUT2D eigenvalue weighted by atomic mass is 10.0. The van der Waals surface area contributed by atoms with Gasteiger partial charge >= 0.3 is 5.97 Å². The first-order valence-electron chi connectivity index (χ1n) is 12.4. The molecule has 1 aromatic carbocycles. The van der Waals surface area contributed by atoms with E-state index in [9.17, 15) is 9.90 Å². The molecule has 178 valence electrons. The smallest absolute Gasteiger partial charge is 0.310 e. The van der Waals surface area contributed by atoms with Gasteiger partial charge in [-0.25, -0.2) is 0 Å². The van der Waals surface area contributed by atoms with Crippen LogP contribution in [0.25, 0.3) is 0 Å². The molecule has 0 aliphatic heterocycles. The van der Waals surface area contributed by atoms with Gasteiger partial charge in [0.1, 0.15) is 12.7 Å². The van der Waals surface area contributed by atoms with Crippen molar-refractivity contribution in [3.8, 4) is 0 Å². The number of nitrogens with one attached hydrogen (secondary N) is 1. The van der Waals surface area contributed by atoms with Crippen LogP contribution in [0.5, 0.6) is 0 Å². The number of carbonyl (C=O) groups excluding carboxylic acids is 1. The molecule has 0 saturated heterocycles. The molecule has 5 nitrogen and oxygen atoms in total. The molecule has 0 aromatic heterocycles. The molecule has 0 amide bonds. The Hall–Kier alpha value is -1.59. The van der Waals surface area contributed by atoms with Crippen LogP contribution >= 0.6 is 0 Å². The van der Waals surface area contributed by atoms with E-state index in [0.29, 0.717) is 0 Å². The Morgan fingerprint density at radius 2 is 1.39 bits per heavy atom. The topological polar surface area (TPSA) is 78.8 Å². The number of carbonyl (C=O) groups is 1. The molecule has 0 heterocycles. The third kappa shape index (κ3) is 15.8. The van der Waals surface area contributed by atoms with Gasteiger partial charge < -0.3 is 20.3 Å². The largest absolute Gasteiger partial charge is 0.463 e. The summed E-state index contributed by atoms with van der Waals surface area (Å²) in [7, 11) is 0. The van der Waals surface area contributed by atoms with E-state index >= 15 is 0 Å². The standard InChI is InChI=1S/C26H45NO4/c1-2-3-4-5-6-7-8-9-10-11-12-13-14-19-27-24-17-15-23(16-18-24)20-26(30)31-22-25(29)21-28/h15-18,25,27-29H,2-14,19-22H2,1H3. The van der Waals surface area contributed by atoms with Crippen molar-refractivity contribution < 1.29 is 19.7 Å². The molecular weight excluding hydrogens is 390 g/mol. The van der Waals surface area contributed by atoms with Crippen molar-refractivity contribution in [3.05, 3.63) is 29.8 Å². The molecule has 1 aromatic rings. The van der Waals surface area contributed by atoms with E-state index in [1.165, 1.54) is 83.5 Å². The SMILES string of the molecule is CCCCCCCCCCCCCCCNc1ccc(CC(=O)OCC(O)CO)cc1. The first-order chi connectivity index (χ1) is 15.2.